The van der Waals surface area contributed by atoms with Crippen molar-refractivity contribution in [2.24, 2.45) is 7.05 Å². The van der Waals surface area contributed by atoms with E-state index in [1.807, 2.05) is 20.0 Å². The maximum absolute atomic E-state index is 12.1. The summed E-state index contributed by atoms with van der Waals surface area (Å²) >= 11 is 0. The number of carbonyl (C=O) groups is 1. The summed E-state index contributed by atoms with van der Waals surface area (Å²) in [5.74, 6) is -0.314. The van der Waals surface area contributed by atoms with Crippen LogP contribution in [-0.4, -0.2) is 26.7 Å². The van der Waals surface area contributed by atoms with Gasteiger partial charge < -0.3 is 10.1 Å². The molecule has 0 saturated carbocycles. The standard InChI is InChI=1S/C16H20N4O4/c1-11(2)24-10-13-9-19(3)18-15(13)8-17-16(21)12-4-6-14(7-5-12)20(22)23/h4-7,9,11H,8,10H2,1-3H3,(H,17,21). The van der Waals surface area contributed by atoms with Crippen molar-refractivity contribution in [3.63, 3.8) is 0 Å². The van der Waals surface area contributed by atoms with Crippen molar-refractivity contribution in [2.45, 2.75) is 33.1 Å². The number of non-ortho nitro benzene ring substituents is 1. The number of hydrogen-bond donors (Lipinski definition) is 1. The summed E-state index contributed by atoms with van der Waals surface area (Å²) in [4.78, 5) is 22.3. The number of ether oxygens (including phenoxy) is 1. The van der Waals surface area contributed by atoms with Gasteiger partial charge >= 0.3 is 0 Å². The minimum atomic E-state index is -0.503. The Bertz CT molecular complexity index is 722. The largest absolute Gasteiger partial charge is 0.374 e. The first-order chi connectivity index (χ1) is 11.4. The van der Waals surface area contributed by atoms with E-state index >= 15 is 0 Å². The van der Waals surface area contributed by atoms with E-state index in [0.29, 0.717) is 12.2 Å². The van der Waals surface area contributed by atoms with Crippen molar-refractivity contribution in [3.05, 3.63) is 57.4 Å². The van der Waals surface area contributed by atoms with Crippen LogP contribution < -0.4 is 5.32 Å². The molecule has 0 unspecified atom stereocenters. The highest BCUT2D eigenvalue weighted by atomic mass is 16.6. The molecular weight excluding hydrogens is 312 g/mol. The molecular formula is C16H20N4O4. The highest BCUT2D eigenvalue weighted by molar-refractivity contribution is 5.94. The molecule has 1 aromatic heterocycles. The van der Waals surface area contributed by atoms with Crippen LogP contribution in [0, 0.1) is 10.1 Å². The zero-order chi connectivity index (χ0) is 17.7. The average Bonchev–Trinajstić information content (AvgIpc) is 2.90. The summed E-state index contributed by atoms with van der Waals surface area (Å²) in [7, 11) is 1.81. The lowest BCUT2D eigenvalue weighted by Crippen LogP contribution is -2.23. The van der Waals surface area contributed by atoms with E-state index in [9.17, 15) is 14.9 Å². The zero-order valence-corrected chi connectivity index (χ0v) is 13.9. The van der Waals surface area contributed by atoms with Crippen LogP contribution in [0.5, 0.6) is 0 Å². The van der Waals surface area contributed by atoms with E-state index in [4.69, 9.17) is 4.74 Å². The predicted octanol–water partition coefficient (Wildman–Crippen LogP) is 2.18. The third-order valence-electron chi connectivity index (χ3n) is 3.32. The van der Waals surface area contributed by atoms with Gasteiger partial charge in [0.05, 0.1) is 29.9 Å². The lowest BCUT2D eigenvalue weighted by molar-refractivity contribution is -0.384. The van der Waals surface area contributed by atoms with Gasteiger partial charge in [0.1, 0.15) is 0 Å². The van der Waals surface area contributed by atoms with Gasteiger partial charge in [-0.2, -0.15) is 5.10 Å². The first-order valence-electron chi connectivity index (χ1n) is 7.52. The first kappa shape index (κ1) is 17.6. The van der Waals surface area contributed by atoms with E-state index in [2.05, 4.69) is 10.4 Å². The Morgan fingerprint density at radius 1 is 1.38 bits per heavy atom. The number of aryl methyl sites for hydroxylation is 1. The molecule has 1 aromatic carbocycles. The molecule has 1 N–H and O–H groups in total. The summed E-state index contributed by atoms with van der Waals surface area (Å²) in [6.07, 6.45) is 1.96. The molecule has 0 radical (unpaired) electrons. The number of amides is 1. The second-order valence-corrected chi connectivity index (χ2v) is 5.62. The van der Waals surface area contributed by atoms with Crippen molar-refractivity contribution in [1.82, 2.24) is 15.1 Å². The van der Waals surface area contributed by atoms with Crippen LogP contribution in [0.15, 0.2) is 30.5 Å². The molecule has 8 nitrogen and oxygen atoms in total. The number of nitrogens with one attached hydrogen (secondary N) is 1. The Morgan fingerprint density at radius 2 is 2.04 bits per heavy atom. The predicted molar refractivity (Wildman–Crippen MR) is 87.4 cm³/mol. The molecule has 0 fully saturated rings. The second kappa shape index (κ2) is 7.69. The van der Waals surface area contributed by atoms with E-state index in [1.54, 1.807) is 11.7 Å². The molecule has 0 atom stereocenters. The summed E-state index contributed by atoms with van der Waals surface area (Å²) in [6.45, 7) is 4.58. The Morgan fingerprint density at radius 3 is 2.62 bits per heavy atom. The Balaban J connectivity index is 1.99. The third kappa shape index (κ3) is 4.63. The number of benzene rings is 1. The van der Waals surface area contributed by atoms with Gasteiger partial charge in [-0.25, -0.2) is 0 Å². The van der Waals surface area contributed by atoms with Crippen LogP contribution in [0.2, 0.25) is 0 Å². The van der Waals surface area contributed by atoms with Crippen molar-refractivity contribution < 1.29 is 14.5 Å². The number of nitrogens with zero attached hydrogens (tertiary/aromatic N) is 3. The van der Waals surface area contributed by atoms with Gasteiger partial charge in [0, 0.05) is 36.5 Å². The maximum atomic E-state index is 12.1. The number of carbonyl (C=O) groups excluding carboxylic acids is 1. The van der Waals surface area contributed by atoms with E-state index in [-0.39, 0.29) is 24.2 Å². The lowest BCUT2D eigenvalue weighted by Gasteiger charge is -2.08. The molecule has 24 heavy (non-hydrogen) atoms. The minimum absolute atomic E-state index is 0.0515. The number of aromatic nitrogens is 2. The molecule has 1 heterocycles. The van der Waals surface area contributed by atoms with Gasteiger partial charge in [0.25, 0.3) is 11.6 Å². The van der Waals surface area contributed by atoms with E-state index in [1.165, 1.54) is 24.3 Å². The molecule has 0 bridgehead atoms. The van der Waals surface area contributed by atoms with Crippen LogP contribution in [0.3, 0.4) is 0 Å². The Labute approximate surface area is 139 Å². The van der Waals surface area contributed by atoms with Crippen molar-refractivity contribution in [1.29, 1.82) is 0 Å². The molecule has 0 aliphatic heterocycles. The Hall–Kier alpha value is -2.74. The smallest absolute Gasteiger partial charge is 0.269 e. The molecule has 2 aromatic rings. The quantitative estimate of drug-likeness (QED) is 0.619. The fourth-order valence-electron chi connectivity index (χ4n) is 2.11. The lowest BCUT2D eigenvalue weighted by atomic mass is 10.2. The second-order valence-electron chi connectivity index (χ2n) is 5.62. The fourth-order valence-corrected chi connectivity index (χ4v) is 2.11. The topological polar surface area (TPSA) is 99.3 Å². The van der Waals surface area contributed by atoms with Crippen molar-refractivity contribution in [2.75, 3.05) is 0 Å². The van der Waals surface area contributed by atoms with E-state index in [0.717, 1.165) is 11.3 Å². The van der Waals surface area contributed by atoms with Crippen molar-refractivity contribution >= 4 is 11.6 Å². The molecule has 0 aliphatic carbocycles. The van der Waals surface area contributed by atoms with Gasteiger partial charge in [-0.15, -0.1) is 0 Å². The van der Waals surface area contributed by atoms with Crippen LogP contribution in [0.25, 0.3) is 0 Å². The molecule has 128 valence electrons. The third-order valence-corrected chi connectivity index (χ3v) is 3.32. The number of rotatable bonds is 7. The van der Waals surface area contributed by atoms with Crippen molar-refractivity contribution in [3.8, 4) is 0 Å². The number of nitro groups is 1. The average molecular weight is 332 g/mol. The van der Waals surface area contributed by atoms with Crippen LogP contribution in [0.4, 0.5) is 5.69 Å². The minimum Gasteiger partial charge on any atom is -0.374 e. The van der Waals surface area contributed by atoms with Gasteiger partial charge in [-0.3, -0.25) is 19.6 Å². The molecule has 0 spiro atoms. The molecule has 0 saturated heterocycles. The number of hydrogen-bond acceptors (Lipinski definition) is 5. The van der Waals surface area contributed by atoms with Crippen LogP contribution >= 0.6 is 0 Å². The van der Waals surface area contributed by atoms with Gasteiger partial charge in [0.15, 0.2) is 0 Å². The monoisotopic (exact) mass is 332 g/mol. The van der Waals surface area contributed by atoms with Gasteiger partial charge in [-0.05, 0) is 26.0 Å². The Kier molecular flexibility index (Phi) is 5.64. The fraction of sp³-hybridized carbons (Fsp3) is 0.375. The molecule has 8 heteroatoms. The highest BCUT2D eigenvalue weighted by Gasteiger charge is 2.12. The molecule has 2 rings (SSSR count). The SMILES string of the molecule is CC(C)OCc1cn(C)nc1CNC(=O)c1ccc([N+](=O)[O-])cc1. The molecule has 1 amide bonds. The highest BCUT2D eigenvalue weighted by Crippen LogP contribution is 2.13. The number of nitro benzene ring substituents is 1. The summed E-state index contributed by atoms with van der Waals surface area (Å²) in [6, 6.07) is 5.46. The van der Waals surface area contributed by atoms with Gasteiger partial charge in [0.2, 0.25) is 0 Å². The van der Waals surface area contributed by atoms with E-state index < -0.39 is 4.92 Å². The molecule has 0 aliphatic rings. The normalized spacial score (nSPS) is 10.8. The summed E-state index contributed by atoms with van der Waals surface area (Å²) < 4.78 is 7.25. The maximum Gasteiger partial charge on any atom is 0.269 e. The van der Waals surface area contributed by atoms with Crippen LogP contribution in [-0.2, 0) is 24.9 Å². The van der Waals surface area contributed by atoms with Crippen LogP contribution in [0.1, 0.15) is 35.5 Å². The zero-order valence-electron chi connectivity index (χ0n) is 13.9. The summed E-state index contributed by atoms with van der Waals surface area (Å²) in [5.41, 5.74) is 1.95. The summed E-state index contributed by atoms with van der Waals surface area (Å²) in [5, 5.41) is 17.7. The van der Waals surface area contributed by atoms with Gasteiger partial charge in [-0.1, -0.05) is 0 Å². The first-order valence-corrected chi connectivity index (χ1v) is 7.52.